The van der Waals surface area contributed by atoms with Crippen LogP contribution in [0.25, 0.3) is 0 Å². The Kier molecular flexibility index (Phi) is 3.48. The molecule has 0 aliphatic carbocycles. The van der Waals surface area contributed by atoms with Crippen LogP contribution in [0.2, 0.25) is 5.02 Å². The third-order valence-electron chi connectivity index (χ3n) is 2.41. The molecule has 2 N–H and O–H groups in total. The maximum Gasteiger partial charge on any atom is 0.274 e. The molecule has 0 aliphatic rings. The second-order valence-electron chi connectivity index (χ2n) is 3.82. The fourth-order valence-electron chi connectivity index (χ4n) is 1.44. The van der Waals surface area contributed by atoms with Gasteiger partial charge in [-0.3, -0.25) is 4.79 Å². The summed E-state index contributed by atoms with van der Waals surface area (Å²) in [5, 5.41) is 12.6. The predicted molar refractivity (Wildman–Crippen MR) is 70.0 cm³/mol. The molecule has 0 atom stereocenters. The van der Waals surface area contributed by atoms with Crippen molar-refractivity contribution in [2.75, 3.05) is 5.32 Å². The molecule has 1 amide bonds. The highest BCUT2D eigenvalue weighted by Gasteiger charge is 2.08. The molecular formula is C13H11ClN2O2. The number of carbonyl (C=O) groups excluding carboxylic acids is 1. The average molecular weight is 263 g/mol. The summed E-state index contributed by atoms with van der Waals surface area (Å²) in [5.41, 5.74) is 1.58. The van der Waals surface area contributed by atoms with E-state index in [-0.39, 0.29) is 17.4 Å². The van der Waals surface area contributed by atoms with E-state index in [0.717, 1.165) is 0 Å². The van der Waals surface area contributed by atoms with Crippen LogP contribution in [-0.2, 0) is 0 Å². The number of phenolic OH excluding ortho intramolecular Hbond substituents is 1. The van der Waals surface area contributed by atoms with Gasteiger partial charge in [-0.2, -0.15) is 0 Å². The van der Waals surface area contributed by atoms with E-state index in [1.165, 1.54) is 12.3 Å². The summed E-state index contributed by atoms with van der Waals surface area (Å²) in [6, 6.07) is 7.98. The summed E-state index contributed by atoms with van der Waals surface area (Å²) >= 11 is 5.69. The predicted octanol–water partition coefficient (Wildman–Crippen LogP) is 3.00. The summed E-state index contributed by atoms with van der Waals surface area (Å²) < 4.78 is 0. The number of hydrogen-bond acceptors (Lipinski definition) is 3. The Labute approximate surface area is 109 Å². The minimum Gasteiger partial charge on any atom is -0.508 e. The van der Waals surface area contributed by atoms with Crippen LogP contribution in [0.3, 0.4) is 0 Å². The number of hydrogen-bond donors (Lipinski definition) is 2. The van der Waals surface area contributed by atoms with E-state index in [4.69, 9.17) is 11.6 Å². The van der Waals surface area contributed by atoms with Gasteiger partial charge in [0.2, 0.25) is 0 Å². The van der Waals surface area contributed by atoms with Gasteiger partial charge < -0.3 is 10.4 Å². The molecular weight excluding hydrogens is 252 g/mol. The van der Waals surface area contributed by atoms with E-state index in [9.17, 15) is 9.90 Å². The van der Waals surface area contributed by atoms with Crippen molar-refractivity contribution in [3.8, 4) is 5.75 Å². The van der Waals surface area contributed by atoms with E-state index >= 15 is 0 Å². The zero-order chi connectivity index (χ0) is 13.1. The van der Waals surface area contributed by atoms with Gasteiger partial charge in [-0.25, -0.2) is 4.98 Å². The number of rotatable bonds is 2. The number of aryl methyl sites for hydroxylation is 1. The first-order valence-electron chi connectivity index (χ1n) is 5.29. The molecule has 1 aromatic heterocycles. The van der Waals surface area contributed by atoms with Crippen LogP contribution in [0.5, 0.6) is 5.75 Å². The first-order valence-corrected chi connectivity index (χ1v) is 5.66. The van der Waals surface area contributed by atoms with Gasteiger partial charge in [-0.1, -0.05) is 11.6 Å². The number of aromatic hydroxyl groups is 1. The third kappa shape index (κ3) is 2.78. The number of phenols is 1. The van der Waals surface area contributed by atoms with E-state index < -0.39 is 0 Å². The molecule has 0 aliphatic heterocycles. The van der Waals surface area contributed by atoms with Crippen molar-refractivity contribution in [2.24, 2.45) is 0 Å². The van der Waals surface area contributed by atoms with E-state index in [1.54, 1.807) is 31.2 Å². The molecule has 0 spiro atoms. The summed E-state index contributed by atoms with van der Waals surface area (Å²) in [5.74, 6) is -0.130. The van der Waals surface area contributed by atoms with Gasteiger partial charge in [0.1, 0.15) is 11.4 Å². The molecule has 92 valence electrons. The molecule has 2 aromatic rings. The second kappa shape index (κ2) is 5.06. The SMILES string of the molecule is Cc1cc(NC(=O)c2ccc(Cl)cn2)ccc1O. The molecule has 0 unspecified atom stereocenters. The van der Waals surface area contributed by atoms with Gasteiger partial charge in [0.25, 0.3) is 5.91 Å². The number of nitrogens with zero attached hydrogens (tertiary/aromatic N) is 1. The van der Waals surface area contributed by atoms with Crippen LogP contribution in [-0.4, -0.2) is 16.0 Å². The van der Waals surface area contributed by atoms with Crippen LogP contribution < -0.4 is 5.32 Å². The van der Waals surface area contributed by atoms with Crippen molar-refractivity contribution in [3.63, 3.8) is 0 Å². The van der Waals surface area contributed by atoms with Gasteiger partial charge in [0, 0.05) is 11.9 Å². The lowest BCUT2D eigenvalue weighted by Gasteiger charge is -2.06. The molecule has 0 saturated carbocycles. The minimum absolute atomic E-state index is 0.192. The number of nitrogens with one attached hydrogen (secondary N) is 1. The first kappa shape index (κ1) is 12.4. The Morgan fingerprint density at radius 1 is 1.33 bits per heavy atom. The molecule has 0 radical (unpaired) electrons. The van der Waals surface area contributed by atoms with Crippen molar-refractivity contribution in [2.45, 2.75) is 6.92 Å². The van der Waals surface area contributed by atoms with Crippen LogP contribution in [0, 0.1) is 6.92 Å². The first-order chi connectivity index (χ1) is 8.56. The maximum absolute atomic E-state index is 11.8. The Hall–Kier alpha value is -2.07. The van der Waals surface area contributed by atoms with Crippen LogP contribution in [0.4, 0.5) is 5.69 Å². The van der Waals surface area contributed by atoms with Crippen molar-refractivity contribution in [1.29, 1.82) is 0 Å². The second-order valence-corrected chi connectivity index (χ2v) is 4.25. The smallest absolute Gasteiger partial charge is 0.274 e. The number of anilines is 1. The van der Waals surface area contributed by atoms with Crippen molar-refractivity contribution in [1.82, 2.24) is 4.98 Å². The molecule has 18 heavy (non-hydrogen) atoms. The average Bonchev–Trinajstić information content (AvgIpc) is 2.34. The van der Waals surface area contributed by atoms with E-state index in [0.29, 0.717) is 16.3 Å². The topological polar surface area (TPSA) is 62.2 Å². The molecule has 1 aromatic carbocycles. The summed E-state index contributed by atoms with van der Waals surface area (Å²) in [7, 11) is 0. The molecule has 5 heteroatoms. The summed E-state index contributed by atoms with van der Waals surface area (Å²) in [6.45, 7) is 1.76. The van der Waals surface area contributed by atoms with E-state index in [1.807, 2.05) is 0 Å². The zero-order valence-corrected chi connectivity index (χ0v) is 10.4. The Morgan fingerprint density at radius 2 is 2.11 bits per heavy atom. The number of amides is 1. The lowest BCUT2D eigenvalue weighted by Crippen LogP contribution is -2.13. The lowest BCUT2D eigenvalue weighted by molar-refractivity contribution is 0.102. The van der Waals surface area contributed by atoms with Crippen LogP contribution in [0.1, 0.15) is 16.1 Å². The molecule has 0 bridgehead atoms. The van der Waals surface area contributed by atoms with Crippen molar-refractivity contribution in [3.05, 3.63) is 52.8 Å². The van der Waals surface area contributed by atoms with Gasteiger partial charge in [-0.05, 0) is 42.8 Å². The van der Waals surface area contributed by atoms with E-state index in [2.05, 4.69) is 10.3 Å². The highest BCUT2D eigenvalue weighted by molar-refractivity contribution is 6.30. The number of pyridine rings is 1. The van der Waals surface area contributed by atoms with Gasteiger partial charge in [0.05, 0.1) is 5.02 Å². The Bertz CT molecular complexity index is 582. The lowest BCUT2D eigenvalue weighted by atomic mass is 10.2. The number of benzene rings is 1. The molecule has 1 heterocycles. The highest BCUT2D eigenvalue weighted by Crippen LogP contribution is 2.20. The fourth-order valence-corrected chi connectivity index (χ4v) is 1.55. The fraction of sp³-hybridized carbons (Fsp3) is 0.0769. The summed E-state index contributed by atoms with van der Waals surface area (Å²) in [6.07, 6.45) is 1.42. The number of carbonyl (C=O) groups is 1. The number of aromatic nitrogens is 1. The Balaban J connectivity index is 2.16. The summed E-state index contributed by atoms with van der Waals surface area (Å²) in [4.78, 5) is 15.8. The van der Waals surface area contributed by atoms with Gasteiger partial charge >= 0.3 is 0 Å². The van der Waals surface area contributed by atoms with Crippen LogP contribution in [0.15, 0.2) is 36.5 Å². The monoisotopic (exact) mass is 262 g/mol. The Morgan fingerprint density at radius 3 is 2.72 bits per heavy atom. The molecule has 4 nitrogen and oxygen atoms in total. The molecule has 0 saturated heterocycles. The molecule has 2 rings (SSSR count). The van der Waals surface area contributed by atoms with Crippen molar-refractivity contribution >= 4 is 23.2 Å². The largest absolute Gasteiger partial charge is 0.508 e. The van der Waals surface area contributed by atoms with Gasteiger partial charge in [0.15, 0.2) is 0 Å². The maximum atomic E-state index is 11.8. The minimum atomic E-state index is -0.322. The molecule has 0 fully saturated rings. The highest BCUT2D eigenvalue weighted by atomic mass is 35.5. The third-order valence-corrected chi connectivity index (χ3v) is 2.64. The standard InChI is InChI=1S/C13H11ClN2O2/c1-8-6-10(3-5-12(8)17)16-13(18)11-4-2-9(14)7-15-11/h2-7,17H,1H3,(H,16,18). The normalized spacial score (nSPS) is 10.1. The van der Waals surface area contributed by atoms with Crippen molar-refractivity contribution < 1.29 is 9.90 Å². The number of halogens is 1. The van der Waals surface area contributed by atoms with Gasteiger partial charge in [-0.15, -0.1) is 0 Å². The zero-order valence-electron chi connectivity index (χ0n) is 9.64. The van der Waals surface area contributed by atoms with Crippen LogP contribution >= 0.6 is 11.6 Å². The quantitative estimate of drug-likeness (QED) is 0.818.